The number of rotatable bonds is 1. The average molecular weight is 221 g/mol. The van der Waals surface area contributed by atoms with Gasteiger partial charge in [-0.1, -0.05) is 0 Å². The number of carbonyl (C=O) groups excluding carboxylic acids is 2. The standard InChI is InChI=1S/C11H15N3O2/c1-11(10(12)16)6-3-4-8-13(2)7-5-9(15)14(8)11/h4-5,7H,3,6H2,1-2H3,(H2,12,16). The van der Waals surface area contributed by atoms with E-state index in [1.54, 1.807) is 13.1 Å². The first-order valence-corrected chi connectivity index (χ1v) is 5.22. The van der Waals surface area contributed by atoms with Crippen LogP contribution < -0.4 is 5.73 Å². The van der Waals surface area contributed by atoms with Gasteiger partial charge in [-0.15, -0.1) is 0 Å². The van der Waals surface area contributed by atoms with Crippen molar-refractivity contribution in [3.8, 4) is 0 Å². The lowest BCUT2D eigenvalue weighted by molar-refractivity contribution is -0.142. The second-order valence-electron chi connectivity index (χ2n) is 4.34. The molecule has 2 aliphatic rings. The van der Waals surface area contributed by atoms with Gasteiger partial charge in [-0.3, -0.25) is 14.5 Å². The Labute approximate surface area is 94.2 Å². The van der Waals surface area contributed by atoms with Crippen LogP contribution in [0.3, 0.4) is 0 Å². The van der Waals surface area contributed by atoms with E-state index < -0.39 is 11.4 Å². The van der Waals surface area contributed by atoms with Crippen molar-refractivity contribution in [1.29, 1.82) is 0 Å². The van der Waals surface area contributed by atoms with Crippen molar-refractivity contribution in [2.45, 2.75) is 25.3 Å². The van der Waals surface area contributed by atoms with Crippen LogP contribution in [0.2, 0.25) is 0 Å². The predicted octanol–water partition coefficient (Wildman–Crippen LogP) is 0.153. The van der Waals surface area contributed by atoms with Gasteiger partial charge in [-0.05, 0) is 25.8 Å². The smallest absolute Gasteiger partial charge is 0.254 e. The number of hydrogen-bond donors (Lipinski definition) is 1. The molecule has 2 heterocycles. The van der Waals surface area contributed by atoms with Crippen molar-refractivity contribution >= 4 is 11.8 Å². The first-order valence-electron chi connectivity index (χ1n) is 5.22. The minimum Gasteiger partial charge on any atom is -0.368 e. The second kappa shape index (κ2) is 3.37. The molecule has 5 nitrogen and oxygen atoms in total. The van der Waals surface area contributed by atoms with Gasteiger partial charge >= 0.3 is 0 Å². The lowest BCUT2D eigenvalue weighted by atomic mass is 9.88. The van der Waals surface area contributed by atoms with Crippen LogP contribution in [0.5, 0.6) is 0 Å². The van der Waals surface area contributed by atoms with E-state index in [2.05, 4.69) is 0 Å². The van der Waals surface area contributed by atoms with E-state index in [0.717, 1.165) is 12.2 Å². The van der Waals surface area contributed by atoms with Crippen LogP contribution in [-0.4, -0.2) is 34.2 Å². The Morgan fingerprint density at radius 2 is 2.25 bits per heavy atom. The number of nitrogens with zero attached hydrogens (tertiary/aromatic N) is 2. The zero-order valence-corrected chi connectivity index (χ0v) is 9.43. The third-order valence-electron chi connectivity index (χ3n) is 3.23. The number of amides is 2. The van der Waals surface area contributed by atoms with Crippen LogP contribution in [0.1, 0.15) is 19.8 Å². The van der Waals surface area contributed by atoms with Crippen molar-refractivity contribution in [2.75, 3.05) is 7.05 Å². The molecule has 1 unspecified atom stereocenters. The van der Waals surface area contributed by atoms with Gasteiger partial charge in [0.1, 0.15) is 11.4 Å². The van der Waals surface area contributed by atoms with E-state index in [1.807, 2.05) is 18.0 Å². The van der Waals surface area contributed by atoms with Gasteiger partial charge in [0, 0.05) is 19.3 Å². The molecule has 0 radical (unpaired) electrons. The molecule has 1 atom stereocenters. The van der Waals surface area contributed by atoms with Crippen LogP contribution in [0.25, 0.3) is 0 Å². The van der Waals surface area contributed by atoms with Crippen molar-refractivity contribution in [1.82, 2.24) is 9.80 Å². The number of nitrogens with two attached hydrogens (primary N) is 1. The van der Waals surface area contributed by atoms with Crippen LogP contribution in [0.4, 0.5) is 0 Å². The lowest BCUT2D eigenvalue weighted by Crippen LogP contribution is -2.60. The van der Waals surface area contributed by atoms with Gasteiger partial charge in [0.25, 0.3) is 5.91 Å². The topological polar surface area (TPSA) is 66.6 Å². The minimum absolute atomic E-state index is 0.189. The van der Waals surface area contributed by atoms with Gasteiger partial charge in [0.2, 0.25) is 5.91 Å². The Morgan fingerprint density at radius 3 is 2.88 bits per heavy atom. The molecule has 2 rings (SSSR count). The van der Waals surface area contributed by atoms with E-state index in [0.29, 0.717) is 6.42 Å². The summed E-state index contributed by atoms with van der Waals surface area (Å²) in [5, 5.41) is 0. The quantitative estimate of drug-likeness (QED) is 0.685. The van der Waals surface area contributed by atoms with E-state index in [4.69, 9.17) is 5.73 Å². The van der Waals surface area contributed by atoms with Gasteiger partial charge in [-0.25, -0.2) is 0 Å². The third-order valence-corrected chi connectivity index (χ3v) is 3.23. The van der Waals surface area contributed by atoms with Gasteiger partial charge in [0.15, 0.2) is 0 Å². The van der Waals surface area contributed by atoms with E-state index in [-0.39, 0.29) is 5.91 Å². The van der Waals surface area contributed by atoms with Crippen LogP contribution in [0, 0.1) is 0 Å². The summed E-state index contributed by atoms with van der Waals surface area (Å²) in [4.78, 5) is 26.7. The molecule has 2 amide bonds. The molecule has 2 N–H and O–H groups in total. The molecule has 0 bridgehead atoms. The molecule has 5 heteroatoms. The monoisotopic (exact) mass is 221 g/mol. The molecule has 16 heavy (non-hydrogen) atoms. The van der Waals surface area contributed by atoms with E-state index >= 15 is 0 Å². The lowest BCUT2D eigenvalue weighted by Gasteiger charge is -2.46. The maximum Gasteiger partial charge on any atom is 0.254 e. The van der Waals surface area contributed by atoms with E-state index in [1.165, 1.54) is 11.0 Å². The summed E-state index contributed by atoms with van der Waals surface area (Å²) in [5.41, 5.74) is 4.50. The Bertz CT molecular complexity index is 413. The summed E-state index contributed by atoms with van der Waals surface area (Å²) in [6, 6.07) is 0. The largest absolute Gasteiger partial charge is 0.368 e. The molecule has 0 fully saturated rings. The molecule has 0 saturated heterocycles. The Hall–Kier alpha value is -1.78. The Morgan fingerprint density at radius 1 is 1.56 bits per heavy atom. The third kappa shape index (κ3) is 1.31. The summed E-state index contributed by atoms with van der Waals surface area (Å²) in [6.07, 6.45) is 6.41. The predicted molar refractivity (Wildman–Crippen MR) is 58.7 cm³/mol. The molecule has 0 saturated carbocycles. The molecule has 86 valence electrons. The summed E-state index contributed by atoms with van der Waals surface area (Å²) in [5.74, 6) is 0.0838. The molecular weight excluding hydrogens is 206 g/mol. The summed E-state index contributed by atoms with van der Waals surface area (Å²) >= 11 is 0. The van der Waals surface area contributed by atoms with Gasteiger partial charge in [-0.2, -0.15) is 0 Å². The first kappa shape index (κ1) is 10.7. The number of fused-ring (bicyclic) bond motifs is 1. The molecule has 0 aromatic heterocycles. The number of hydrogen-bond acceptors (Lipinski definition) is 3. The van der Waals surface area contributed by atoms with Gasteiger partial charge in [0.05, 0.1) is 0 Å². The van der Waals surface area contributed by atoms with Crippen LogP contribution >= 0.6 is 0 Å². The Balaban J connectivity index is 2.50. The average Bonchev–Trinajstić information content (AvgIpc) is 2.23. The van der Waals surface area contributed by atoms with Crippen LogP contribution in [0.15, 0.2) is 24.2 Å². The molecule has 2 aliphatic heterocycles. The van der Waals surface area contributed by atoms with Crippen LogP contribution in [-0.2, 0) is 9.59 Å². The fourth-order valence-electron chi connectivity index (χ4n) is 2.16. The summed E-state index contributed by atoms with van der Waals surface area (Å²) in [6.45, 7) is 1.72. The highest BCUT2D eigenvalue weighted by molar-refractivity contribution is 5.96. The fourth-order valence-corrected chi connectivity index (χ4v) is 2.16. The Kier molecular flexibility index (Phi) is 2.26. The molecular formula is C11H15N3O2. The highest BCUT2D eigenvalue weighted by Gasteiger charge is 2.45. The zero-order valence-electron chi connectivity index (χ0n) is 9.43. The maximum atomic E-state index is 11.9. The van der Waals surface area contributed by atoms with Crippen molar-refractivity contribution in [3.05, 3.63) is 24.2 Å². The highest BCUT2D eigenvalue weighted by Crippen LogP contribution is 2.34. The molecule has 0 aliphatic carbocycles. The van der Waals surface area contributed by atoms with Crippen molar-refractivity contribution in [3.63, 3.8) is 0 Å². The summed E-state index contributed by atoms with van der Waals surface area (Å²) in [7, 11) is 1.84. The molecule has 0 spiro atoms. The van der Waals surface area contributed by atoms with E-state index in [9.17, 15) is 9.59 Å². The minimum atomic E-state index is -0.916. The zero-order chi connectivity index (χ0) is 11.9. The second-order valence-corrected chi connectivity index (χ2v) is 4.34. The number of carbonyl (C=O) groups is 2. The SMILES string of the molecule is CN1C=CC(=O)N2C1=CCCC2(C)C(N)=O. The highest BCUT2D eigenvalue weighted by atomic mass is 16.2. The first-order chi connectivity index (χ1) is 7.47. The van der Waals surface area contributed by atoms with Gasteiger partial charge < -0.3 is 10.6 Å². The number of primary amides is 1. The van der Waals surface area contributed by atoms with Crippen molar-refractivity contribution < 1.29 is 9.59 Å². The molecule has 0 aromatic rings. The number of allylic oxidation sites excluding steroid dienone is 1. The normalized spacial score (nSPS) is 28.9. The van der Waals surface area contributed by atoms with Crippen molar-refractivity contribution in [2.24, 2.45) is 5.73 Å². The molecule has 0 aromatic carbocycles. The summed E-state index contributed by atoms with van der Waals surface area (Å²) < 4.78 is 0. The maximum absolute atomic E-state index is 11.9. The fraction of sp³-hybridized carbons (Fsp3) is 0.455.